The first-order valence-corrected chi connectivity index (χ1v) is 8.03. The van der Waals surface area contributed by atoms with Gasteiger partial charge in [-0.25, -0.2) is 0 Å². The molecule has 0 amide bonds. The van der Waals surface area contributed by atoms with Crippen molar-refractivity contribution in [3.05, 3.63) is 65.7 Å². The number of anilines is 1. The second-order valence-electron chi connectivity index (χ2n) is 6.09. The predicted molar refractivity (Wildman–Crippen MR) is 93.5 cm³/mol. The van der Waals surface area contributed by atoms with Gasteiger partial charge in [-0.15, -0.1) is 0 Å². The monoisotopic (exact) mass is 295 g/mol. The molecular weight excluding hydrogens is 270 g/mol. The minimum Gasteiger partial charge on any atom is -0.378 e. The van der Waals surface area contributed by atoms with Crippen LogP contribution in [0.2, 0.25) is 0 Å². The average molecular weight is 295 g/mol. The largest absolute Gasteiger partial charge is 0.378 e. The van der Waals surface area contributed by atoms with Crippen molar-refractivity contribution >= 4 is 5.69 Å². The van der Waals surface area contributed by atoms with Crippen LogP contribution in [-0.4, -0.2) is 45.2 Å². The second kappa shape index (κ2) is 6.95. The summed E-state index contributed by atoms with van der Waals surface area (Å²) in [7, 11) is 4.17. The van der Waals surface area contributed by atoms with Crippen LogP contribution in [-0.2, 0) is 0 Å². The second-order valence-corrected chi connectivity index (χ2v) is 6.09. The number of hydrogen-bond donors (Lipinski definition) is 1. The smallest absolute Gasteiger partial charge is 0.0602 e. The van der Waals surface area contributed by atoms with Crippen molar-refractivity contribution in [1.29, 1.82) is 0 Å². The molecule has 1 fully saturated rings. The molecule has 2 aromatic rings. The zero-order chi connectivity index (χ0) is 15.4. The Morgan fingerprint density at radius 1 is 0.864 bits per heavy atom. The third kappa shape index (κ3) is 3.32. The lowest BCUT2D eigenvalue weighted by Gasteiger charge is -2.35. The summed E-state index contributed by atoms with van der Waals surface area (Å²) in [6.45, 7) is 4.32. The van der Waals surface area contributed by atoms with E-state index in [-0.39, 0.29) is 0 Å². The van der Waals surface area contributed by atoms with Gasteiger partial charge in [-0.2, -0.15) is 0 Å². The third-order valence-corrected chi connectivity index (χ3v) is 4.36. The van der Waals surface area contributed by atoms with Crippen molar-refractivity contribution in [3.63, 3.8) is 0 Å². The zero-order valence-electron chi connectivity index (χ0n) is 13.5. The molecule has 1 heterocycles. The quantitative estimate of drug-likeness (QED) is 0.935. The molecule has 116 valence electrons. The van der Waals surface area contributed by atoms with Gasteiger partial charge in [0.1, 0.15) is 0 Å². The first kappa shape index (κ1) is 15.1. The van der Waals surface area contributed by atoms with Crippen molar-refractivity contribution in [3.8, 4) is 0 Å². The molecular formula is C19H25N3. The van der Waals surface area contributed by atoms with E-state index in [4.69, 9.17) is 0 Å². The summed E-state index contributed by atoms with van der Waals surface area (Å²) in [6, 6.07) is 20.2. The van der Waals surface area contributed by atoms with Crippen molar-refractivity contribution in [2.75, 3.05) is 45.2 Å². The zero-order valence-corrected chi connectivity index (χ0v) is 13.5. The molecule has 0 aliphatic carbocycles. The van der Waals surface area contributed by atoms with E-state index < -0.39 is 0 Å². The van der Waals surface area contributed by atoms with E-state index in [0.717, 1.165) is 26.2 Å². The summed E-state index contributed by atoms with van der Waals surface area (Å²) in [5, 5.41) is 3.45. The minimum absolute atomic E-state index is 0.347. The topological polar surface area (TPSA) is 18.5 Å². The lowest BCUT2D eigenvalue weighted by Crippen LogP contribution is -2.45. The summed E-state index contributed by atoms with van der Waals surface area (Å²) in [4.78, 5) is 4.72. The fourth-order valence-corrected chi connectivity index (χ4v) is 3.14. The van der Waals surface area contributed by atoms with Crippen LogP contribution in [0.3, 0.4) is 0 Å². The van der Waals surface area contributed by atoms with Gasteiger partial charge in [0.2, 0.25) is 0 Å². The molecule has 1 aliphatic heterocycles. The summed E-state index contributed by atoms with van der Waals surface area (Å²) in [6.07, 6.45) is 0. The predicted octanol–water partition coefficient (Wildman–Crippen LogP) is 2.75. The number of nitrogens with zero attached hydrogens (tertiary/aromatic N) is 2. The van der Waals surface area contributed by atoms with Gasteiger partial charge in [-0.3, -0.25) is 4.90 Å². The summed E-state index contributed by atoms with van der Waals surface area (Å²) in [5.41, 5.74) is 4.00. The highest BCUT2D eigenvalue weighted by molar-refractivity contribution is 5.47. The van der Waals surface area contributed by atoms with Gasteiger partial charge in [0.25, 0.3) is 0 Å². The number of hydrogen-bond acceptors (Lipinski definition) is 3. The van der Waals surface area contributed by atoms with Crippen LogP contribution in [0.1, 0.15) is 17.2 Å². The maximum atomic E-state index is 3.45. The van der Waals surface area contributed by atoms with Crippen LogP contribution >= 0.6 is 0 Å². The Morgan fingerprint density at radius 3 is 2.05 bits per heavy atom. The molecule has 2 aromatic carbocycles. The molecule has 1 N–H and O–H groups in total. The minimum atomic E-state index is 0.347. The Kier molecular flexibility index (Phi) is 4.76. The maximum absolute atomic E-state index is 3.45. The van der Waals surface area contributed by atoms with E-state index >= 15 is 0 Å². The Hall–Kier alpha value is -1.84. The first-order chi connectivity index (χ1) is 10.8. The number of rotatable bonds is 4. The SMILES string of the molecule is CN(C)c1ccc(C(c2ccccc2)N2CCNCC2)cc1. The Labute approximate surface area is 133 Å². The maximum Gasteiger partial charge on any atom is 0.0602 e. The highest BCUT2D eigenvalue weighted by Crippen LogP contribution is 2.30. The van der Waals surface area contributed by atoms with Crippen LogP contribution in [0, 0.1) is 0 Å². The van der Waals surface area contributed by atoms with Crippen LogP contribution in [0.15, 0.2) is 54.6 Å². The Balaban J connectivity index is 1.93. The summed E-state index contributed by atoms with van der Waals surface area (Å²) < 4.78 is 0. The number of benzene rings is 2. The average Bonchev–Trinajstić information content (AvgIpc) is 2.57. The van der Waals surface area contributed by atoms with Gasteiger partial charge in [-0.1, -0.05) is 42.5 Å². The molecule has 3 rings (SSSR count). The van der Waals surface area contributed by atoms with Crippen molar-refractivity contribution in [2.24, 2.45) is 0 Å². The van der Waals surface area contributed by atoms with E-state index in [0.29, 0.717) is 6.04 Å². The number of nitrogens with one attached hydrogen (secondary N) is 1. The Bertz CT molecular complexity index is 571. The van der Waals surface area contributed by atoms with Crippen molar-refractivity contribution in [2.45, 2.75) is 6.04 Å². The van der Waals surface area contributed by atoms with Crippen LogP contribution in [0.4, 0.5) is 5.69 Å². The van der Waals surface area contributed by atoms with E-state index in [1.54, 1.807) is 0 Å². The molecule has 1 atom stereocenters. The third-order valence-electron chi connectivity index (χ3n) is 4.36. The lowest BCUT2D eigenvalue weighted by molar-refractivity contribution is 0.198. The fourth-order valence-electron chi connectivity index (χ4n) is 3.14. The first-order valence-electron chi connectivity index (χ1n) is 8.03. The molecule has 0 bridgehead atoms. The molecule has 0 aromatic heterocycles. The molecule has 1 unspecified atom stereocenters. The molecule has 3 nitrogen and oxygen atoms in total. The Morgan fingerprint density at radius 2 is 1.45 bits per heavy atom. The van der Waals surface area contributed by atoms with Gasteiger partial charge in [-0.05, 0) is 23.3 Å². The number of piperazine rings is 1. The molecule has 22 heavy (non-hydrogen) atoms. The van der Waals surface area contributed by atoms with E-state index in [1.807, 2.05) is 0 Å². The van der Waals surface area contributed by atoms with Crippen LogP contribution in [0.25, 0.3) is 0 Å². The molecule has 0 radical (unpaired) electrons. The molecule has 1 saturated heterocycles. The molecule has 3 heteroatoms. The van der Waals surface area contributed by atoms with E-state index in [9.17, 15) is 0 Å². The van der Waals surface area contributed by atoms with Gasteiger partial charge >= 0.3 is 0 Å². The van der Waals surface area contributed by atoms with E-state index in [1.165, 1.54) is 16.8 Å². The summed E-state index contributed by atoms with van der Waals surface area (Å²) >= 11 is 0. The normalized spacial score (nSPS) is 17.2. The van der Waals surface area contributed by atoms with Gasteiger partial charge in [0.15, 0.2) is 0 Å². The van der Waals surface area contributed by atoms with Crippen molar-refractivity contribution in [1.82, 2.24) is 10.2 Å². The summed E-state index contributed by atoms with van der Waals surface area (Å²) in [5.74, 6) is 0. The van der Waals surface area contributed by atoms with Crippen molar-refractivity contribution < 1.29 is 0 Å². The highest BCUT2D eigenvalue weighted by Gasteiger charge is 2.23. The van der Waals surface area contributed by atoms with Crippen LogP contribution < -0.4 is 10.2 Å². The van der Waals surface area contributed by atoms with Gasteiger partial charge < -0.3 is 10.2 Å². The molecule has 0 saturated carbocycles. The molecule has 0 spiro atoms. The van der Waals surface area contributed by atoms with E-state index in [2.05, 4.69) is 83.8 Å². The standard InChI is InChI=1S/C19H25N3/c1-21(2)18-10-8-17(9-11-18)19(16-6-4-3-5-7-16)22-14-12-20-13-15-22/h3-11,19-20H,12-15H2,1-2H3. The highest BCUT2D eigenvalue weighted by atomic mass is 15.2. The van der Waals surface area contributed by atoms with Gasteiger partial charge in [0.05, 0.1) is 6.04 Å². The van der Waals surface area contributed by atoms with Crippen LogP contribution in [0.5, 0.6) is 0 Å². The lowest BCUT2D eigenvalue weighted by atomic mass is 9.96. The fraction of sp³-hybridized carbons (Fsp3) is 0.368. The molecule has 1 aliphatic rings. The van der Waals surface area contributed by atoms with Gasteiger partial charge in [0, 0.05) is 46.0 Å².